The molecular formula is C8H17O2+. The summed E-state index contributed by atoms with van der Waals surface area (Å²) in [4.78, 5) is 10.5. The van der Waals surface area contributed by atoms with Crippen LogP contribution >= 0.6 is 0 Å². The molecule has 2 nitrogen and oxygen atoms in total. The summed E-state index contributed by atoms with van der Waals surface area (Å²) in [5, 5.41) is 8.64. The molecule has 0 aliphatic rings. The number of hydrogen-bond donors (Lipinski definition) is 1. The molecule has 0 aliphatic heterocycles. The Balaban J connectivity index is 0. The van der Waals surface area contributed by atoms with Crippen LogP contribution in [0.3, 0.4) is 0 Å². The molecular weight excluding hydrogens is 128 g/mol. The molecule has 0 spiro atoms. The Morgan fingerprint density at radius 1 is 1.40 bits per heavy atom. The van der Waals surface area contributed by atoms with Crippen LogP contribution in [-0.4, -0.2) is 11.1 Å². The fraction of sp³-hybridized carbons (Fsp3) is 0.875. The summed E-state index contributed by atoms with van der Waals surface area (Å²) in [6, 6.07) is 0. The average Bonchev–Trinajstić information content (AvgIpc) is 1.87. The second-order valence-corrected chi connectivity index (χ2v) is 2.61. The van der Waals surface area contributed by atoms with Gasteiger partial charge in [0.2, 0.25) is 0 Å². The van der Waals surface area contributed by atoms with Crippen molar-refractivity contribution in [3.05, 3.63) is 0 Å². The Morgan fingerprint density at radius 2 is 1.80 bits per heavy atom. The van der Waals surface area contributed by atoms with Crippen LogP contribution in [0.4, 0.5) is 0 Å². The molecule has 0 fully saturated rings. The summed E-state index contributed by atoms with van der Waals surface area (Å²) >= 11 is 0. The molecule has 2 heteroatoms. The van der Waals surface area contributed by atoms with Gasteiger partial charge >= 0.3 is 7.40 Å². The van der Waals surface area contributed by atoms with E-state index in [4.69, 9.17) is 5.11 Å². The maximum atomic E-state index is 10.5. The minimum atomic E-state index is -0.635. The Labute approximate surface area is 63.7 Å². The van der Waals surface area contributed by atoms with Gasteiger partial charge in [-0.1, -0.05) is 26.7 Å². The molecule has 10 heavy (non-hydrogen) atoms. The van der Waals surface area contributed by atoms with E-state index in [0.29, 0.717) is 0 Å². The van der Waals surface area contributed by atoms with Gasteiger partial charge in [0.25, 0.3) is 0 Å². The van der Waals surface area contributed by atoms with Gasteiger partial charge in [-0.15, -0.1) is 0 Å². The second-order valence-electron chi connectivity index (χ2n) is 2.61. The summed E-state index contributed by atoms with van der Waals surface area (Å²) in [7, 11) is 0. The first-order valence-electron chi connectivity index (χ1n) is 3.95. The molecule has 0 saturated heterocycles. The molecule has 0 aromatic rings. The molecule has 0 aliphatic carbocycles. The van der Waals surface area contributed by atoms with Gasteiger partial charge in [-0.25, -0.2) is 0 Å². The predicted octanol–water partition coefficient (Wildman–Crippen LogP) is 2.40. The molecule has 0 atom stereocenters. The van der Waals surface area contributed by atoms with Crippen molar-refractivity contribution in [2.45, 2.75) is 39.5 Å². The molecule has 1 N–H and O–H groups in total. The SMILES string of the molecule is CCCC(CCC)C(=O)O.[H+]. The van der Waals surface area contributed by atoms with Crippen LogP contribution < -0.4 is 0 Å². The number of carboxylic acid groups (broad SMARTS) is 1. The van der Waals surface area contributed by atoms with Crippen LogP contribution in [-0.2, 0) is 4.79 Å². The van der Waals surface area contributed by atoms with Gasteiger partial charge < -0.3 is 5.11 Å². The van der Waals surface area contributed by atoms with Crippen LogP contribution in [0.15, 0.2) is 0 Å². The number of aliphatic carboxylic acids is 1. The van der Waals surface area contributed by atoms with E-state index in [2.05, 4.69) is 0 Å². The van der Waals surface area contributed by atoms with E-state index in [9.17, 15) is 4.79 Å². The lowest BCUT2D eigenvalue weighted by atomic mass is 9.99. The molecule has 0 rings (SSSR count). The van der Waals surface area contributed by atoms with Crippen molar-refractivity contribution < 1.29 is 11.3 Å². The van der Waals surface area contributed by atoms with Crippen molar-refractivity contribution in [1.29, 1.82) is 0 Å². The van der Waals surface area contributed by atoms with E-state index in [1.165, 1.54) is 0 Å². The summed E-state index contributed by atoms with van der Waals surface area (Å²) < 4.78 is 0. The topological polar surface area (TPSA) is 37.3 Å². The highest BCUT2D eigenvalue weighted by molar-refractivity contribution is 5.69. The molecule has 0 amide bonds. The lowest BCUT2D eigenvalue weighted by Crippen LogP contribution is -2.12. The van der Waals surface area contributed by atoms with Gasteiger partial charge in [-0.3, -0.25) is 4.79 Å². The van der Waals surface area contributed by atoms with Gasteiger partial charge in [0, 0.05) is 0 Å². The van der Waals surface area contributed by atoms with Crippen molar-refractivity contribution in [3.8, 4) is 0 Å². The van der Waals surface area contributed by atoms with Gasteiger partial charge in [-0.05, 0) is 12.8 Å². The predicted molar refractivity (Wildman–Crippen MR) is 42.1 cm³/mol. The third-order valence-electron chi connectivity index (χ3n) is 1.62. The zero-order chi connectivity index (χ0) is 7.98. The number of carbonyl (C=O) groups is 1. The Bertz CT molecular complexity index is 98.3. The second kappa shape index (κ2) is 5.27. The maximum absolute atomic E-state index is 10.5. The zero-order valence-electron chi connectivity index (χ0n) is 7.76. The van der Waals surface area contributed by atoms with Crippen LogP contribution in [0.1, 0.15) is 41.0 Å². The Hall–Kier alpha value is -0.530. The first kappa shape index (κ1) is 9.47. The highest BCUT2D eigenvalue weighted by Gasteiger charge is 2.13. The van der Waals surface area contributed by atoms with Crippen LogP contribution in [0, 0.1) is 5.92 Å². The maximum Gasteiger partial charge on any atom is 1.00 e. The number of carboxylic acids is 1. The molecule has 0 radical (unpaired) electrons. The average molecular weight is 145 g/mol. The van der Waals surface area contributed by atoms with E-state index >= 15 is 0 Å². The zero-order valence-corrected chi connectivity index (χ0v) is 6.76. The highest BCUT2D eigenvalue weighted by Crippen LogP contribution is 2.12. The summed E-state index contributed by atoms with van der Waals surface area (Å²) in [6.45, 7) is 4.04. The molecule has 0 unspecified atom stereocenters. The van der Waals surface area contributed by atoms with Crippen molar-refractivity contribution >= 4 is 5.97 Å². The van der Waals surface area contributed by atoms with E-state index in [1.54, 1.807) is 0 Å². The smallest absolute Gasteiger partial charge is 0.481 e. The van der Waals surface area contributed by atoms with Crippen LogP contribution in [0.2, 0.25) is 0 Å². The quantitative estimate of drug-likeness (QED) is 0.645. The van der Waals surface area contributed by atoms with Gasteiger partial charge in [-0.2, -0.15) is 0 Å². The third-order valence-corrected chi connectivity index (χ3v) is 1.62. The van der Waals surface area contributed by atoms with E-state index in [0.717, 1.165) is 25.7 Å². The minimum Gasteiger partial charge on any atom is -0.481 e. The third kappa shape index (κ3) is 3.49. The molecule has 0 heterocycles. The monoisotopic (exact) mass is 145 g/mol. The van der Waals surface area contributed by atoms with E-state index in [1.807, 2.05) is 13.8 Å². The van der Waals surface area contributed by atoms with Gasteiger partial charge in [0.1, 0.15) is 0 Å². The van der Waals surface area contributed by atoms with E-state index < -0.39 is 5.97 Å². The number of hydrogen-bond acceptors (Lipinski definition) is 1. The molecule has 0 bridgehead atoms. The van der Waals surface area contributed by atoms with Crippen LogP contribution in [0.25, 0.3) is 0 Å². The van der Waals surface area contributed by atoms with Crippen molar-refractivity contribution in [3.63, 3.8) is 0 Å². The first-order valence-corrected chi connectivity index (χ1v) is 3.95. The summed E-state index contributed by atoms with van der Waals surface area (Å²) in [6.07, 6.45) is 3.58. The highest BCUT2D eigenvalue weighted by atomic mass is 16.4. The normalized spacial score (nSPS) is 10.3. The minimum absolute atomic E-state index is 0. The summed E-state index contributed by atoms with van der Waals surface area (Å²) in [5.41, 5.74) is 0. The summed E-state index contributed by atoms with van der Waals surface area (Å²) in [5.74, 6) is -0.737. The number of rotatable bonds is 5. The first-order chi connectivity index (χ1) is 4.72. The van der Waals surface area contributed by atoms with Gasteiger partial charge in [0.15, 0.2) is 0 Å². The van der Waals surface area contributed by atoms with Crippen molar-refractivity contribution in [2.24, 2.45) is 5.92 Å². The van der Waals surface area contributed by atoms with Crippen molar-refractivity contribution in [1.82, 2.24) is 0 Å². The molecule has 60 valence electrons. The van der Waals surface area contributed by atoms with E-state index in [-0.39, 0.29) is 7.34 Å². The molecule has 0 aromatic heterocycles. The lowest BCUT2D eigenvalue weighted by molar-refractivity contribution is -0.142. The fourth-order valence-electron chi connectivity index (χ4n) is 1.09. The van der Waals surface area contributed by atoms with Crippen molar-refractivity contribution in [2.75, 3.05) is 0 Å². The van der Waals surface area contributed by atoms with Gasteiger partial charge in [0.05, 0.1) is 5.92 Å². The largest absolute Gasteiger partial charge is 1.00 e. The molecule has 0 saturated carbocycles. The lowest BCUT2D eigenvalue weighted by Gasteiger charge is -2.07. The Kier molecular flexibility index (Phi) is 4.99. The fourth-order valence-corrected chi connectivity index (χ4v) is 1.09. The standard InChI is InChI=1S/C8H16O2/c1-3-5-7(6-4-2)8(9)10/h7H,3-6H2,1-2H3,(H,9,10)/p+1. The van der Waals surface area contributed by atoms with Crippen LogP contribution in [0.5, 0.6) is 0 Å². The Morgan fingerprint density at radius 3 is 2.00 bits per heavy atom. The molecule has 0 aromatic carbocycles.